The third-order valence-electron chi connectivity index (χ3n) is 4.55. The lowest BCUT2D eigenvalue weighted by atomic mass is 9.86. The molecule has 0 saturated heterocycles. The first-order valence-corrected chi connectivity index (χ1v) is 7.66. The van der Waals surface area contributed by atoms with Crippen LogP contribution >= 0.6 is 0 Å². The van der Waals surface area contributed by atoms with Crippen molar-refractivity contribution in [2.45, 2.75) is 38.3 Å². The van der Waals surface area contributed by atoms with Crippen molar-refractivity contribution >= 4 is 11.4 Å². The van der Waals surface area contributed by atoms with Crippen molar-refractivity contribution in [2.75, 3.05) is 5.32 Å². The van der Waals surface area contributed by atoms with E-state index in [9.17, 15) is 15.2 Å². The zero-order valence-electron chi connectivity index (χ0n) is 13.2. The number of benzene rings is 2. The van der Waals surface area contributed by atoms with Gasteiger partial charge in [0.2, 0.25) is 0 Å². The van der Waals surface area contributed by atoms with Crippen molar-refractivity contribution in [1.29, 1.82) is 0 Å². The predicted octanol–water partition coefficient (Wildman–Crippen LogP) is 3.92. The Morgan fingerprint density at radius 2 is 2.04 bits per heavy atom. The average molecular weight is 312 g/mol. The second-order valence-electron chi connectivity index (χ2n) is 6.64. The smallest absolute Gasteiger partial charge is 0.292 e. The van der Waals surface area contributed by atoms with Crippen molar-refractivity contribution in [3.8, 4) is 0 Å². The summed E-state index contributed by atoms with van der Waals surface area (Å²) in [5, 5.41) is 23.9. The maximum absolute atomic E-state index is 11.3. The summed E-state index contributed by atoms with van der Waals surface area (Å²) in [5.41, 5.74) is 3.63. The number of rotatable bonds is 4. The van der Waals surface area contributed by atoms with Gasteiger partial charge in [0.1, 0.15) is 5.69 Å². The summed E-state index contributed by atoms with van der Waals surface area (Å²) in [5.74, 6) is 0. The van der Waals surface area contributed by atoms with E-state index in [1.54, 1.807) is 12.1 Å². The molecular weight excluding hydrogens is 292 g/mol. The number of nitrogens with one attached hydrogen (secondary N) is 1. The molecule has 2 aromatic rings. The van der Waals surface area contributed by atoms with Crippen molar-refractivity contribution in [2.24, 2.45) is 0 Å². The zero-order chi connectivity index (χ0) is 16.6. The molecule has 0 aromatic heterocycles. The molecule has 0 radical (unpaired) electrons. The van der Waals surface area contributed by atoms with Crippen molar-refractivity contribution < 1.29 is 10.0 Å². The second kappa shape index (κ2) is 5.66. The molecule has 0 bridgehead atoms. The van der Waals surface area contributed by atoms with Gasteiger partial charge >= 0.3 is 0 Å². The van der Waals surface area contributed by atoms with Crippen LogP contribution in [-0.4, -0.2) is 10.0 Å². The minimum absolute atomic E-state index is 0.0221. The van der Waals surface area contributed by atoms with Crippen LogP contribution in [0.5, 0.6) is 0 Å². The van der Waals surface area contributed by atoms with Crippen molar-refractivity contribution in [3.63, 3.8) is 0 Å². The van der Waals surface area contributed by atoms with Crippen LogP contribution in [0.1, 0.15) is 43.0 Å². The van der Waals surface area contributed by atoms with Gasteiger partial charge in [-0.2, -0.15) is 0 Å². The quantitative estimate of drug-likeness (QED) is 0.662. The average Bonchev–Trinajstić information content (AvgIpc) is 2.78. The van der Waals surface area contributed by atoms with Gasteiger partial charge in [-0.05, 0) is 40.7 Å². The van der Waals surface area contributed by atoms with Crippen LogP contribution < -0.4 is 5.32 Å². The van der Waals surface area contributed by atoms with E-state index in [0.717, 1.165) is 6.42 Å². The number of nitro groups is 1. The summed E-state index contributed by atoms with van der Waals surface area (Å²) in [4.78, 5) is 10.9. The van der Waals surface area contributed by atoms with Gasteiger partial charge in [0.15, 0.2) is 0 Å². The fourth-order valence-electron chi connectivity index (χ4n) is 3.42. The molecule has 0 spiro atoms. The van der Waals surface area contributed by atoms with Gasteiger partial charge < -0.3 is 10.4 Å². The SMILES string of the molecule is CC1(C)CC(Nc2cc(CO)ccc2[N+](=O)[O-])c2ccccc21. The van der Waals surface area contributed by atoms with Gasteiger partial charge in [-0.3, -0.25) is 10.1 Å². The monoisotopic (exact) mass is 312 g/mol. The minimum Gasteiger partial charge on any atom is -0.392 e. The molecule has 1 aliphatic carbocycles. The van der Waals surface area contributed by atoms with E-state index in [2.05, 4.69) is 31.3 Å². The van der Waals surface area contributed by atoms with E-state index in [-0.39, 0.29) is 23.8 Å². The Bertz CT molecular complexity index is 756. The zero-order valence-corrected chi connectivity index (χ0v) is 13.2. The topological polar surface area (TPSA) is 75.4 Å². The van der Waals surface area contributed by atoms with Gasteiger partial charge in [0.05, 0.1) is 17.6 Å². The standard InChI is InChI=1S/C18H20N2O3/c1-18(2)10-16(13-5-3-4-6-14(13)18)19-15-9-12(11-21)7-8-17(15)20(22)23/h3-9,16,19,21H,10-11H2,1-2H3. The lowest BCUT2D eigenvalue weighted by Gasteiger charge is -2.20. The van der Waals surface area contributed by atoms with Crippen LogP contribution in [0.15, 0.2) is 42.5 Å². The second-order valence-corrected chi connectivity index (χ2v) is 6.64. The third kappa shape index (κ3) is 2.80. The summed E-state index contributed by atoms with van der Waals surface area (Å²) < 4.78 is 0. The first-order chi connectivity index (χ1) is 10.9. The highest BCUT2D eigenvalue weighted by atomic mass is 16.6. The molecule has 5 heteroatoms. The van der Waals surface area contributed by atoms with Crippen molar-refractivity contribution in [3.05, 3.63) is 69.3 Å². The Balaban J connectivity index is 1.99. The molecule has 2 N–H and O–H groups in total. The largest absolute Gasteiger partial charge is 0.392 e. The van der Waals surface area contributed by atoms with Gasteiger partial charge in [-0.1, -0.05) is 38.1 Å². The van der Waals surface area contributed by atoms with Crippen LogP contribution in [0.4, 0.5) is 11.4 Å². The molecule has 1 atom stereocenters. The maximum Gasteiger partial charge on any atom is 0.292 e. The predicted molar refractivity (Wildman–Crippen MR) is 89.5 cm³/mol. The highest BCUT2D eigenvalue weighted by Crippen LogP contribution is 2.46. The Kier molecular flexibility index (Phi) is 3.82. The fraction of sp³-hybridized carbons (Fsp3) is 0.333. The lowest BCUT2D eigenvalue weighted by Crippen LogP contribution is -2.15. The Morgan fingerprint density at radius 1 is 1.30 bits per heavy atom. The van der Waals surface area contributed by atoms with E-state index < -0.39 is 4.92 Å². The molecule has 3 rings (SSSR count). The molecule has 0 fully saturated rings. The summed E-state index contributed by atoms with van der Waals surface area (Å²) in [6.45, 7) is 4.23. The molecule has 120 valence electrons. The molecule has 2 aromatic carbocycles. The van der Waals surface area contributed by atoms with Gasteiger partial charge in [-0.15, -0.1) is 0 Å². The molecule has 0 heterocycles. The first-order valence-electron chi connectivity index (χ1n) is 7.66. The number of aliphatic hydroxyl groups excluding tert-OH is 1. The van der Waals surface area contributed by atoms with Crippen LogP contribution in [0, 0.1) is 10.1 Å². The summed E-state index contributed by atoms with van der Waals surface area (Å²) in [7, 11) is 0. The third-order valence-corrected chi connectivity index (χ3v) is 4.55. The molecule has 1 aliphatic rings. The molecule has 0 amide bonds. The number of hydrogen-bond acceptors (Lipinski definition) is 4. The van der Waals surface area contributed by atoms with Gasteiger partial charge in [-0.25, -0.2) is 0 Å². The number of anilines is 1. The first kappa shape index (κ1) is 15.5. The van der Waals surface area contributed by atoms with Crippen LogP contribution in [0.25, 0.3) is 0 Å². The number of fused-ring (bicyclic) bond motifs is 1. The summed E-state index contributed by atoms with van der Waals surface area (Å²) in [6.07, 6.45) is 0.868. The number of nitro benzene ring substituents is 1. The molecule has 5 nitrogen and oxygen atoms in total. The van der Waals surface area contributed by atoms with Gasteiger partial charge in [0.25, 0.3) is 5.69 Å². The highest BCUT2D eigenvalue weighted by molar-refractivity contribution is 5.64. The minimum atomic E-state index is -0.393. The van der Waals surface area contributed by atoms with Crippen LogP contribution in [0.2, 0.25) is 0 Å². The number of hydrogen-bond donors (Lipinski definition) is 2. The Labute approximate surface area is 135 Å². The van der Waals surface area contributed by atoms with E-state index in [0.29, 0.717) is 11.3 Å². The van der Waals surface area contributed by atoms with Crippen molar-refractivity contribution in [1.82, 2.24) is 0 Å². The fourth-order valence-corrected chi connectivity index (χ4v) is 3.42. The Morgan fingerprint density at radius 3 is 2.74 bits per heavy atom. The van der Waals surface area contributed by atoms with E-state index in [1.807, 2.05) is 12.1 Å². The summed E-state index contributed by atoms with van der Waals surface area (Å²) in [6, 6.07) is 12.9. The lowest BCUT2D eigenvalue weighted by molar-refractivity contribution is -0.384. The van der Waals surface area contributed by atoms with E-state index >= 15 is 0 Å². The molecule has 1 unspecified atom stereocenters. The van der Waals surface area contributed by atoms with E-state index in [4.69, 9.17) is 0 Å². The number of nitrogens with zero attached hydrogens (tertiary/aromatic N) is 1. The molecule has 23 heavy (non-hydrogen) atoms. The normalized spacial score (nSPS) is 18.5. The summed E-state index contributed by atoms with van der Waals surface area (Å²) >= 11 is 0. The highest BCUT2D eigenvalue weighted by Gasteiger charge is 2.37. The molecule has 0 saturated carbocycles. The van der Waals surface area contributed by atoms with E-state index in [1.165, 1.54) is 17.2 Å². The van der Waals surface area contributed by atoms with Crippen LogP contribution in [0.3, 0.4) is 0 Å². The number of aliphatic hydroxyl groups is 1. The maximum atomic E-state index is 11.3. The van der Waals surface area contributed by atoms with Crippen LogP contribution in [-0.2, 0) is 12.0 Å². The van der Waals surface area contributed by atoms with Gasteiger partial charge in [0, 0.05) is 6.07 Å². The molecular formula is C18H20N2O3. The Hall–Kier alpha value is -2.40. The molecule has 0 aliphatic heterocycles.